The zero-order valence-electron chi connectivity index (χ0n) is 10.2. The maximum absolute atomic E-state index is 11.8. The largest absolute Gasteiger partial charge is 0.352 e. The molecular weight excluding hydrogens is 337 g/mol. The van der Waals surface area contributed by atoms with Gasteiger partial charge in [0.25, 0.3) is 5.91 Å². The maximum atomic E-state index is 11.8. The first-order chi connectivity index (χ1) is 8.54. The second-order valence-electron chi connectivity index (χ2n) is 4.29. The minimum absolute atomic E-state index is 0.0945. The Bertz CT molecular complexity index is 412. The van der Waals surface area contributed by atoms with Gasteiger partial charge in [-0.1, -0.05) is 18.5 Å². The zero-order valence-corrected chi connectivity index (χ0v) is 13.3. The van der Waals surface area contributed by atoms with Gasteiger partial charge in [-0.2, -0.15) is 0 Å². The van der Waals surface area contributed by atoms with E-state index in [4.69, 9.17) is 23.2 Å². The summed E-state index contributed by atoms with van der Waals surface area (Å²) in [6.45, 7) is 2.76. The quantitative estimate of drug-likeness (QED) is 0.593. The van der Waals surface area contributed by atoms with Gasteiger partial charge in [-0.3, -0.25) is 4.79 Å². The number of rotatable bonds is 6. The SMILES string of the molecule is CC(CCl)CCCNC(=O)c1ccc(Br)c(Cl)c1. The molecule has 1 aromatic carbocycles. The van der Waals surface area contributed by atoms with E-state index in [1.54, 1.807) is 18.2 Å². The topological polar surface area (TPSA) is 29.1 Å². The Labute approximate surface area is 126 Å². The number of hydrogen-bond acceptors (Lipinski definition) is 1. The van der Waals surface area contributed by atoms with Gasteiger partial charge in [0, 0.05) is 22.5 Å². The molecule has 1 rings (SSSR count). The van der Waals surface area contributed by atoms with Crippen LogP contribution in [0.25, 0.3) is 0 Å². The van der Waals surface area contributed by atoms with Gasteiger partial charge in [-0.25, -0.2) is 0 Å². The van der Waals surface area contributed by atoms with Gasteiger partial charge < -0.3 is 5.32 Å². The van der Waals surface area contributed by atoms with Gasteiger partial charge in [-0.15, -0.1) is 11.6 Å². The van der Waals surface area contributed by atoms with E-state index in [0.717, 1.165) is 17.3 Å². The molecule has 0 aliphatic rings. The summed E-state index contributed by atoms with van der Waals surface area (Å²) in [7, 11) is 0. The summed E-state index contributed by atoms with van der Waals surface area (Å²) in [4.78, 5) is 11.8. The summed E-state index contributed by atoms with van der Waals surface area (Å²) in [5, 5.41) is 3.41. The second-order valence-corrected chi connectivity index (χ2v) is 5.86. The molecule has 0 saturated heterocycles. The summed E-state index contributed by atoms with van der Waals surface area (Å²) in [5.41, 5.74) is 0.577. The summed E-state index contributed by atoms with van der Waals surface area (Å²) in [6.07, 6.45) is 1.95. The monoisotopic (exact) mass is 351 g/mol. The number of alkyl halides is 1. The summed E-state index contributed by atoms with van der Waals surface area (Å²) >= 11 is 14.9. The molecule has 0 aromatic heterocycles. The van der Waals surface area contributed by atoms with Crippen LogP contribution in [0.5, 0.6) is 0 Å². The van der Waals surface area contributed by atoms with Gasteiger partial charge in [0.05, 0.1) is 5.02 Å². The molecule has 0 aliphatic heterocycles. The number of nitrogens with one attached hydrogen (secondary N) is 1. The smallest absolute Gasteiger partial charge is 0.251 e. The van der Waals surface area contributed by atoms with Crippen LogP contribution in [0.4, 0.5) is 0 Å². The molecule has 100 valence electrons. The normalized spacial score (nSPS) is 12.2. The Hall–Kier alpha value is -0.250. The average Bonchev–Trinajstić information content (AvgIpc) is 2.37. The van der Waals surface area contributed by atoms with Gasteiger partial charge in [0.15, 0.2) is 0 Å². The van der Waals surface area contributed by atoms with Crippen molar-refractivity contribution in [1.29, 1.82) is 0 Å². The second kappa shape index (κ2) is 8.03. The Balaban J connectivity index is 2.39. The van der Waals surface area contributed by atoms with Crippen LogP contribution in [0, 0.1) is 5.92 Å². The molecule has 0 spiro atoms. The third kappa shape index (κ3) is 5.17. The van der Waals surface area contributed by atoms with Crippen molar-refractivity contribution in [1.82, 2.24) is 5.32 Å². The molecule has 0 fully saturated rings. The summed E-state index contributed by atoms with van der Waals surface area (Å²) in [6, 6.07) is 5.17. The highest BCUT2D eigenvalue weighted by atomic mass is 79.9. The fourth-order valence-corrected chi connectivity index (χ4v) is 2.05. The predicted molar refractivity (Wildman–Crippen MR) is 80.6 cm³/mol. The number of carbonyl (C=O) groups is 1. The number of hydrogen-bond donors (Lipinski definition) is 1. The molecule has 0 heterocycles. The van der Waals surface area contributed by atoms with Crippen molar-refractivity contribution in [2.75, 3.05) is 12.4 Å². The van der Waals surface area contributed by atoms with Crippen molar-refractivity contribution in [3.8, 4) is 0 Å². The molecule has 0 aliphatic carbocycles. The predicted octanol–water partition coefficient (Wildman–Crippen LogP) is 4.49. The third-order valence-corrected chi connectivity index (χ3v) is 4.36. The van der Waals surface area contributed by atoms with Crippen LogP contribution in [0.3, 0.4) is 0 Å². The fourth-order valence-electron chi connectivity index (χ4n) is 1.47. The molecule has 0 saturated carbocycles. The maximum Gasteiger partial charge on any atom is 0.251 e. The van der Waals surface area contributed by atoms with Gasteiger partial charge in [-0.05, 0) is 52.9 Å². The third-order valence-electron chi connectivity index (χ3n) is 2.60. The van der Waals surface area contributed by atoms with E-state index in [2.05, 4.69) is 28.2 Å². The summed E-state index contributed by atoms with van der Waals surface area (Å²) in [5.74, 6) is 1.06. The highest BCUT2D eigenvalue weighted by Gasteiger charge is 2.07. The molecule has 1 unspecified atom stereocenters. The highest BCUT2D eigenvalue weighted by molar-refractivity contribution is 9.10. The van der Waals surface area contributed by atoms with Crippen LogP contribution >= 0.6 is 39.1 Å². The molecule has 1 aromatic rings. The van der Waals surface area contributed by atoms with Gasteiger partial charge >= 0.3 is 0 Å². The van der Waals surface area contributed by atoms with Crippen LogP contribution in [0.2, 0.25) is 5.02 Å². The molecule has 0 bridgehead atoms. The van der Waals surface area contributed by atoms with Crippen LogP contribution in [-0.2, 0) is 0 Å². The number of carbonyl (C=O) groups excluding carboxylic acids is 1. The minimum Gasteiger partial charge on any atom is -0.352 e. The fraction of sp³-hybridized carbons (Fsp3) is 0.462. The van der Waals surface area contributed by atoms with Crippen molar-refractivity contribution in [2.24, 2.45) is 5.92 Å². The van der Waals surface area contributed by atoms with Gasteiger partial charge in [0.1, 0.15) is 0 Å². The molecule has 18 heavy (non-hydrogen) atoms. The van der Waals surface area contributed by atoms with E-state index in [1.807, 2.05) is 0 Å². The van der Waals surface area contributed by atoms with E-state index >= 15 is 0 Å². The Morgan fingerprint density at radius 2 is 2.22 bits per heavy atom. The molecule has 2 nitrogen and oxygen atoms in total. The lowest BCUT2D eigenvalue weighted by Gasteiger charge is -2.08. The first-order valence-corrected chi connectivity index (χ1v) is 7.54. The number of benzene rings is 1. The Kier molecular flexibility index (Phi) is 7.05. The lowest BCUT2D eigenvalue weighted by molar-refractivity contribution is 0.0952. The molecule has 5 heteroatoms. The summed E-state index contributed by atoms with van der Waals surface area (Å²) < 4.78 is 0.789. The number of amides is 1. The van der Waals surface area contributed by atoms with Crippen LogP contribution < -0.4 is 5.32 Å². The lowest BCUT2D eigenvalue weighted by Crippen LogP contribution is -2.24. The van der Waals surface area contributed by atoms with Crippen molar-refractivity contribution >= 4 is 45.0 Å². The van der Waals surface area contributed by atoms with E-state index in [1.165, 1.54) is 0 Å². The standard InChI is InChI=1S/C13H16BrCl2NO/c1-9(8-15)3-2-6-17-13(18)10-4-5-11(14)12(16)7-10/h4-5,7,9H,2-3,6,8H2,1H3,(H,17,18). The van der Waals surface area contributed by atoms with E-state index in [9.17, 15) is 4.79 Å². The Morgan fingerprint density at radius 1 is 1.50 bits per heavy atom. The van der Waals surface area contributed by atoms with Crippen molar-refractivity contribution in [3.63, 3.8) is 0 Å². The number of halogens is 3. The van der Waals surface area contributed by atoms with Crippen molar-refractivity contribution in [2.45, 2.75) is 19.8 Å². The first kappa shape index (κ1) is 15.8. The highest BCUT2D eigenvalue weighted by Crippen LogP contribution is 2.23. The van der Waals surface area contributed by atoms with E-state index in [-0.39, 0.29) is 5.91 Å². The van der Waals surface area contributed by atoms with Crippen molar-refractivity contribution < 1.29 is 4.79 Å². The zero-order chi connectivity index (χ0) is 13.5. The minimum atomic E-state index is -0.0945. The molecule has 1 N–H and O–H groups in total. The molecular formula is C13H16BrCl2NO. The molecule has 0 radical (unpaired) electrons. The van der Waals surface area contributed by atoms with Crippen molar-refractivity contribution in [3.05, 3.63) is 33.3 Å². The lowest BCUT2D eigenvalue weighted by atomic mass is 10.1. The first-order valence-electron chi connectivity index (χ1n) is 5.83. The van der Waals surface area contributed by atoms with Crippen LogP contribution in [0.15, 0.2) is 22.7 Å². The van der Waals surface area contributed by atoms with E-state index < -0.39 is 0 Å². The van der Waals surface area contributed by atoms with Crippen LogP contribution in [-0.4, -0.2) is 18.3 Å². The van der Waals surface area contributed by atoms with Crippen LogP contribution in [0.1, 0.15) is 30.1 Å². The van der Waals surface area contributed by atoms with Gasteiger partial charge in [0.2, 0.25) is 0 Å². The molecule has 1 amide bonds. The Morgan fingerprint density at radius 3 is 2.83 bits per heavy atom. The molecule has 1 atom stereocenters. The average molecular weight is 353 g/mol. The van der Waals surface area contributed by atoms with E-state index in [0.29, 0.717) is 28.9 Å².